The summed E-state index contributed by atoms with van der Waals surface area (Å²) in [5.41, 5.74) is 0. The van der Waals surface area contributed by atoms with Gasteiger partial charge in [-0.15, -0.1) is 0 Å². The zero-order chi connectivity index (χ0) is 9.10. The summed E-state index contributed by atoms with van der Waals surface area (Å²) in [5, 5.41) is 3.25. The van der Waals surface area contributed by atoms with E-state index in [-0.39, 0.29) is 6.03 Å². The van der Waals surface area contributed by atoms with Crippen molar-refractivity contribution in [2.75, 3.05) is 39.3 Å². The number of rotatable bonds is 0. The van der Waals surface area contributed by atoms with Crippen molar-refractivity contribution in [3.8, 4) is 0 Å². The molecule has 1 N–H and O–H groups in total. The molecule has 0 radical (unpaired) electrons. The molecule has 4 nitrogen and oxygen atoms in total. The van der Waals surface area contributed by atoms with Crippen LogP contribution in [0, 0.1) is 0 Å². The van der Waals surface area contributed by atoms with Gasteiger partial charge in [-0.25, -0.2) is 4.79 Å². The number of likely N-dealkylation sites (tertiary alicyclic amines) is 1. The predicted molar refractivity (Wildman–Crippen MR) is 50.6 cm³/mol. The summed E-state index contributed by atoms with van der Waals surface area (Å²) in [5.74, 6) is 0. The largest absolute Gasteiger partial charge is 0.325 e. The van der Waals surface area contributed by atoms with E-state index in [0.717, 1.165) is 39.3 Å². The lowest BCUT2D eigenvalue weighted by molar-refractivity contribution is 0.156. The van der Waals surface area contributed by atoms with E-state index in [0.29, 0.717) is 0 Å². The van der Waals surface area contributed by atoms with Crippen molar-refractivity contribution in [1.29, 1.82) is 0 Å². The van der Waals surface area contributed by atoms with Gasteiger partial charge in [0.1, 0.15) is 0 Å². The van der Waals surface area contributed by atoms with Gasteiger partial charge >= 0.3 is 6.03 Å². The smallest absolute Gasteiger partial charge is 0.320 e. The van der Waals surface area contributed by atoms with Gasteiger partial charge in [-0.3, -0.25) is 0 Å². The van der Waals surface area contributed by atoms with Crippen molar-refractivity contribution in [1.82, 2.24) is 15.1 Å². The second-order valence-corrected chi connectivity index (χ2v) is 3.71. The first-order valence-electron chi connectivity index (χ1n) is 5.12. The van der Waals surface area contributed by atoms with E-state index < -0.39 is 0 Å². The van der Waals surface area contributed by atoms with Crippen LogP contribution in [0.25, 0.3) is 0 Å². The van der Waals surface area contributed by atoms with Gasteiger partial charge in [-0.2, -0.15) is 0 Å². The quantitative estimate of drug-likeness (QED) is 0.578. The third-order valence-corrected chi connectivity index (χ3v) is 2.76. The first kappa shape index (κ1) is 8.81. The van der Waals surface area contributed by atoms with Crippen molar-refractivity contribution < 1.29 is 4.79 Å². The number of carbonyl (C=O) groups excluding carboxylic acids is 1. The van der Waals surface area contributed by atoms with Gasteiger partial charge in [0.05, 0.1) is 0 Å². The zero-order valence-corrected chi connectivity index (χ0v) is 7.96. The number of piperazine rings is 1. The number of hydrogen-bond donors (Lipinski definition) is 1. The van der Waals surface area contributed by atoms with E-state index in [4.69, 9.17) is 0 Å². The van der Waals surface area contributed by atoms with E-state index in [9.17, 15) is 4.79 Å². The van der Waals surface area contributed by atoms with Crippen LogP contribution in [0.2, 0.25) is 0 Å². The fraction of sp³-hybridized carbons (Fsp3) is 0.889. The van der Waals surface area contributed by atoms with Crippen LogP contribution in [0.4, 0.5) is 4.79 Å². The van der Waals surface area contributed by atoms with Crippen LogP contribution in [0.5, 0.6) is 0 Å². The molecular formula is C9H17N3O. The van der Waals surface area contributed by atoms with Crippen molar-refractivity contribution >= 4 is 6.03 Å². The summed E-state index contributed by atoms with van der Waals surface area (Å²) in [6.07, 6.45) is 2.36. The Hall–Kier alpha value is -0.770. The number of urea groups is 1. The summed E-state index contributed by atoms with van der Waals surface area (Å²) in [6.45, 7) is 5.55. The minimum Gasteiger partial charge on any atom is -0.325 e. The third-order valence-electron chi connectivity index (χ3n) is 2.76. The van der Waals surface area contributed by atoms with Crippen molar-refractivity contribution in [3.05, 3.63) is 0 Å². The van der Waals surface area contributed by atoms with Crippen LogP contribution < -0.4 is 5.32 Å². The van der Waals surface area contributed by atoms with Crippen LogP contribution in [-0.2, 0) is 0 Å². The molecule has 2 saturated heterocycles. The lowest BCUT2D eigenvalue weighted by Crippen LogP contribution is -2.50. The van der Waals surface area contributed by atoms with Crippen molar-refractivity contribution in [3.63, 3.8) is 0 Å². The van der Waals surface area contributed by atoms with Crippen LogP contribution in [0.1, 0.15) is 12.8 Å². The standard InChI is InChI=1S/C9H17N3O/c13-9(11-5-1-2-6-11)12-7-3-10-4-8-12/h10H,1-8H2. The number of nitrogens with one attached hydrogen (secondary N) is 1. The molecule has 2 aliphatic heterocycles. The molecule has 2 rings (SSSR count). The maximum absolute atomic E-state index is 11.8. The first-order chi connectivity index (χ1) is 6.38. The van der Waals surface area contributed by atoms with E-state index in [1.54, 1.807) is 0 Å². The van der Waals surface area contributed by atoms with Gasteiger partial charge < -0.3 is 15.1 Å². The molecular weight excluding hydrogens is 166 g/mol. The van der Waals surface area contributed by atoms with Gasteiger partial charge in [0, 0.05) is 39.3 Å². The highest BCUT2D eigenvalue weighted by atomic mass is 16.2. The van der Waals surface area contributed by atoms with Crippen LogP contribution in [0.15, 0.2) is 0 Å². The second-order valence-electron chi connectivity index (χ2n) is 3.71. The molecule has 13 heavy (non-hydrogen) atoms. The maximum Gasteiger partial charge on any atom is 0.320 e. The van der Waals surface area contributed by atoms with Gasteiger partial charge in [0.25, 0.3) is 0 Å². The van der Waals surface area contributed by atoms with Crippen LogP contribution >= 0.6 is 0 Å². The summed E-state index contributed by atoms with van der Waals surface area (Å²) in [4.78, 5) is 15.8. The molecule has 0 bridgehead atoms. The fourth-order valence-electron chi connectivity index (χ4n) is 1.96. The highest BCUT2D eigenvalue weighted by Gasteiger charge is 2.24. The maximum atomic E-state index is 11.8. The van der Waals surface area contributed by atoms with E-state index in [2.05, 4.69) is 5.32 Å². The summed E-state index contributed by atoms with van der Waals surface area (Å²) in [7, 11) is 0. The Labute approximate surface area is 78.9 Å². The van der Waals surface area contributed by atoms with Gasteiger partial charge in [0.2, 0.25) is 0 Å². The van der Waals surface area contributed by atoms with Crippen LogP contribution in [-0.4, -0.2) is 55.1 Å². The normalized spacial score (nSPS) is 23.7. The fourth-order valence-corrected chi connectivity index (χ4v) is 1.96. The van der Waals surface area contributed by atoms with E-state index in [1.165, 1.54) is 12.8 Å². The molecule has 0 saturated carbocycles. The molecule has 2 amide bonds. The van der Waals surface area contributed by atoms with E-state index >= 15 is 0 Å². The van der Waals surface area contributed by atoms with Gasteiger partial charge in [-0.1, -0.05) is 0 Å². The molecule has 74 valence electrons. The first-order valence-corrected chi connectivity index (χ1v) is 5.12. The average Bonchev–Trinajstić information content (AvgIpc) is 2.71. The molecule has 0 aromatic rings. The number of nitrogens with zero attached hydrogens (tertiary/aromatic N) is 2. The molecule has 0 spiro atoms. The Kier molecular flexibility index (Phi) is 2.68. The Morgan fingerprint density at radius 3 is 2.08 bits per heavy atom. The van der Waals surface area contributed by atoms with Crippen molar-refractivity contribution in [2.24, 2.45) is 0 Å². The molecule has 0 aliphatic carbocycles. The van der Waals surface area contributed by atoms with Crippen LogP contribution in [0.3, 0.4) is 0 Å². The highest BCUT2D eigenvalue weighted by molar-refractivity contribution is 5.74. The van der Waals surface area contributed by atoms with Gasteiger partial charge in [-0.05, 0) is 12.8 Å². The Morgan fingerprint density at radius 2 is 1.46 bits per heavy atom. The molecule has 2 aliphatic rings. The highest BCUT2D eigenvalue weighted by Crippen LogP contribution is 2.10. The minimum atomic E-state index is 0.249. The number of amides is 2. The van der Waals surface area contributed by atoms with Crippen molar-refractivity contribution in [2.45, 2.75) is 12.8 Å². The lowest BCUT2D eigenvalue weighted by Gasteiger charge is -2.31. The zero-order valence-electron chi connectivity index (χ0n) is 7.96. The Balaban J connectivity index is 1.87. The molecule has 0 aromatic heterocycles. The molecule has 4 heteroatoms. The minimum absolute atomic E-state index is 0.249. The van der Waals surface area contributed by atoms with Gasteiger partial charge in [0.15, 0.2) is 0 Å². The van der Waals surface area contributed by atoms with E-state index in [1.807, 2.05) is 9.80 Å². The average molecular weight is 183 g/mol. The Morgan fingerprint density at radius 1 is 0.923 bits per heavy atom. The SMILES string of the molecule is O=C(N1CCCC1)N1CCNCC1. The predicted octanol–water partition coefficient (Wildman–Crippen LogP) is 0.107. The molecule has 0 atom stereocenters. The summed E-state index contributed by atoms with van der Waals surface area (Å²) in [6, 6.07) is 0.249. The Bertz CT molecular complexity index is 183. The molecule has 2 fully saturated rings. The number of hydrogen-bond acceptors (Lipinski definition) is 2. The third kappa shape index (κ3) is 1.94. The summed E-state index contributed by atoms with van der Waals surface area (Å²) >= 11 is 0. The molecule has 0 unspecified atom stereocenters. The monoisotopic (exact) mass is 183 g/mol. The summed E-state index contributed by atoms with van der Waals surface area (Å²) < 4.78 is 0. The second kappa shape index (κ2) is 3.96. The topological polar surface area (TPSA) is 35.6 Å². The number of carbonyl (C=O) groups is 1. The molecule has 2 heterocycles. The lowest BCUT2D eigenvalue weighted by atomic mass is 10.4. The molecule has 0 aromatic carbocycles.